The lowest BCUT2D eigenvalue weighted by Gasteiger charge is -2.35. The van der Waals surface area contributed by atoms with E-state index in [4.69, 9.17) is 9.47 Å². The fourth-order valence-electron chi connectivity index (χ4n) is 4.06. The smallest absolute Gasteiger partial charge is 0.339 e. The van der Waals surface area contributed by atoms with Crippen LogP contribution in [0.2, 0.25) is 0 Å². The number of rotatable bonds is 12. The van der Waals surface area contributed by atoms with Crippen LogP contribution in [0, 0.1) is 5.92 Å². The summed E-state index contributed by atoms with van der Waals surface area (Å²) in [7, 11) is 0. The zero-order valence-electron chi connectivity index (χ0n) is 21.2. The molecule has 196 valence electrons. The predicted molar refractivity (Wildman–Crippen MR) is 133 cm³/mol. The number of hydrogen-bond donors (Lipinski definition) is 5. The van der Waals surface area contributed by atoms with Crippen LogP contribution in [0.4, 0.5) is 0 Å². The number of aliphatic hydroxyl groups is 3. The first-order valence-electron chi connectivity index (χ1n) is 12.2. The van der Waals surface area contributed by atoms with Crippen molar-refractivity contribution in [1.29, 1.82) is 0 Å². The summed E-state index contributed by atoms with van der Waals surface area (Å²) in [4.78, 5) is 12.3. The second-order valence-electron chi connectivity index (χ2n) is 9.50. The van der Waals surface area contributed by atoms with Gasteiger partial charge in [0.25, 0.3) is 0 Å². The van der Waals surface area contributed by atoms with Gasteiger partial charge in [-0.25, -0.2) is 4.79 Å². The fraction of sp³-hybridized carbons (Fsp3) is 0.593. The van der Waals surface area contributed by atoms with Crippen LogP contribution in [0.25, 0.3) is 0 Å². The van der Waals surface area contributed by atoms with E-state index < -0.39 is 30.4 Å². The molecule has 0 aliphatic carbocycles. The molecule has 1 aromatic carbocycles. The summed E-state index contributed by atoms with van der Waals surface area (Å²) in [5.74, 6) is -1.83. The number of aromatic carboxylic acids is 1. The van der Waals surface area contributed by atoms with Crippen LogP contribution in [-0.4, -0.2) is 63.2 Å². The molecule has 1 heterocycles. The Morgan fingerprint density at radius 2 is 1.89 bits per heavy atom. The molecule has 8 nitrogen and oxygen atoms in total. The average molecular weight is 493 g/mol. The first-order valence-corrected chi connectivity index (χ1v) is 12.2. The molecule has 5 N–H and O–H groups in total. The molecule has 1 aromatic rings. The topological polar surface area (TPSA) is 137 Å². The van der Waals surface area contributed by atoms with Gasteiger partial charge in [0.05, 0.1) is 19.3 Å². The maximum atomic E-state index is 12.3. The third-order valence-corrected chi connectivity index (χ3v) is 6.25. The van der Waals surface area contributed by atoms with Crippen LogP contribution in [0.3, 0.4) is 0 Å². The molecule has 0 amide bonds. The highest BCUT2D eigenvalue weighted by atomic mass is 16.6. The molecule has 0 spiro atoms. The fourth-order valence-corrected chi connectivity index (χ4v) is 4.06. The molecule has 0 radical (unpaired) electrons. The van der Waals surface area contributed by atoms with E-state index in [0.29, 0.717) is 17.5 Å². The quantitative estimate of drug-likeness (QED) is 0.278. The Kier molecular flexibility index (Phi) is 11.2. The number of carboxylic acids is 1. The highest BCUT2D eigenvalue weighted by Crippen LogP contribution is 2.37. The molecule has 2 rings (SSSR count). The van der Waals surface area contributed by atoms with E-state index in [1.54, 1.807) is 0 Å². The van der Waals surface area contributed by atoms with Crippen molar-refractivity contribution in [3.63, 3.8) is 0 Å². The second kappa shape index (κ2) is 13.6. The summed E-state index contributed by atoms with van der Waals surface area (Å²) >= 11 is 0. The van der Waals surface area contributed by atoms with Crippen molar-refractivity contribution in [1.82, 2.24) is 0 Å². The zero-order valence-corrected chi connectivity index (χ0v) is 21.2. The molecule has 0 aromatic heterocycles. The van der Waals surface area contributed by atoms with Gasteiger partial charge in [-0.1, -0.05) is 36.6 Å². The molecule has 1 aliphatic rings. The van der Waals surface area contributed by atoms with Gasteiger partial charge < -0.3 is 35.0 Å². The van der Waals surface area contributed by atoms with Gasteiger partial charge in [0.1, 0.15) is 23.2 Å². The van der Waals surface area contributed by atoms with Crippen molar-refractivity contribution in [2.75, 3.05) is 13.2 Å². The van der Waals surface area contributed by atoms with E-state index in [-0.39, 0.29) is 36.7 Å². The van der Waals surface area contributed by atoms with Crippen LogP contribution < -0.4 is 4.74 Å². The number of unbranched alkanes of at least 4 members (excludes halogenated alkanes) is 1. The van der Waals surface area contributed by atoms with Gasteiger partial charge in [0, 0.05) is 11.5 Å². The maximum absolute atomic E-state index is 12.3. The first kappa shape index (κ1) is 28.8. The minimum absolute atomic E-state index is 0.00588. The third-order valence-electron chi connectivity index (χ3n) is 6.25. The SMILES string of the molecule is CCCCc1cc(O)c(C/C=C(\C)CCC=C(C)C)c(OC[C@H]2CO[C@H](O)[C@@H](O)[C@@H]2O)c1C(=O)O. The maximum Gasteiger partial charge on any atom is 0.339 e. The molecule has 0 bridgehead atoms. The molecular weight excluding hydrogens is 452 g/mol. The van der Waals surface area contributed by atoms with Crippen molar-refractivity contribution in [2.45, 2.75) is 84.7 Å². The van der Waals surface area contributed by atoms with Crippen LogP contribution >= 0.6 is 0 Å². The first-order chi connectivity index (χ1) is 16.6. The molecule has 35 heavy (non-hydrogen) atoms. The Labute approximate surface area is 207 Å². The highest BCUT2D eigenvalue weighted by Gasteiger charge is 2.38. The molecule has 8 heteroatoms. The Morgan fingerprint density at radius 1 is 1.17 bits per heavy atom. The van der Waals surface area contributed by atoms with Crippen molar-refractivity contribution in [3.05, 3.63) is 46.1 Å². The summed E-state index contributed by atoms with van der Waals surface area (Å²) in [5, 5.41) is 50.7. The number of phenols is 1. The number of aliphatic hydroxyl groups excluding tert-OH is 3. The lowest BCUT2D eigenvalue weighted by atomic mass is 9.94. The number of allylic oxidation sites excluding steroid dienone is 4. The second-order valence-corrected chi connectivity index (χ2v) is 9.50. The Hall–Kier alpha value is -2.39. The third kappa shape index (κ3) is 8.07. The normalized spacial score (nSPS) is 22.7. The van der Waals surface area contributed by atoms with Crippen molar-refractivity contribution < 1.29 is 39.8 Å². The number of phenolic OH excluding ortho intramolecular Hbond substituents is 1. The number of aromatic hydroxyl groups is 1. The lowest BCUT2D eigenvalue weighted by Crippen LogP contribution is -2.51. The largest absolute Gasteiger partial charge is 0.508 e. The molecular formula is C27H40O8. The molecule has 0 unspecified atom stereocenters. The van der Waals surface area contributed by atoms with E-state index in [1.165, 1.54) is 11.6 Å². The van der Waals surface area contributed by atoms with Crippen LogP contribution in [0.1, 0.15) is 74.9 Å². The van der Waals surface area contributed by atoms with E-state index in [2.05, 4.69) is 6.08 Å². The number of ether oxygens (including phenoxy) is 2. The van der Waals surface area contributed by atoms with Gasteiger partial charge in [0.2, 0.25) is 0 Å². The van der Waals surface area contributed by atoms with Gasteiger partial charge >= 0.3 is 5.97 Å². The van der Waals surface area contributed by atoms with Gasteiger partial charge in [-0.3, -0.25) is 0 Å². The van der Waals surface area contributed by atoms with Crippen LogP contribution in [-0.2, 0) is 17.6 Å². The van der Waals surface area contributed by atoms with E-state index in [9.17, 15) is 30.3 Å². The van der Waals surface area contributed by atoms with Gasteiger partial charge in [0.15, 0.2) is 6.29 Å². The molecule has 1 saturated heterocycles. The van der Waals surface area contributed by atoms with Gasteiger partial charge in [-0.15, -0.1) is 0 Å². The number of aryl methyl sites for hydroxylation is 1. The summed E-state index contributed by atoms with van der Waals surface area (Å²) in [6.45, 7) is 7.86. The monoisotopic (exact) mass is 492 g/mol. The highest BCUT2D eigenvalue weighted by molar-refractivity contribution is 5.94. The number of carbonyl (C=O) groups is 1. The van der Waals surface area contributed by atoms with Crippen molar-refractivity contribution in [2.24, 2.45) is 5.92 Å². The van der Waals surface area contributed by atoms with Gasteiger partial charge in [-0.2, -0.15) is 0 Å². The summed E-state index contributed by atoms with van der Waals surface area (Å²) in [6.07, 6.45) is 3.91. The summed E-state index contributed by atoms with van der Waals surface area (Å²) in [5.41, 5.74) is 3.18. The zero-order chi connectivity index (χ0) is 26.1. The van der Waals surface area contributed by atoms with E-state index in [1.807, 2.05) is 33.8 Å². The number of carboxylic acid groups (broad SMARTS) is 1. The summed E-state index contributed by atoms with van der Waals surface area (Å²) in [6, 6.07) is 1.51. The van der Waals surface area contributed by atoms with Gasteiger partial charge in [-0.05, 0) is 64.5 Å². The van der Waals surface area contributed by atoms with Crippen molar-refractivity contribution >= 4 is 5.97 Å². The van der Waals surface area contributed by atoms with E-state index >= 15 is 0 Å². The number of benzene rings is 1. The Balaban J connectivity index is 2.39. The molecule has 4 atom stereocenters. The minimum atomic E-state index is -1.49. The summed E-state index contributed by atoms with van der Waals surface area (Å²) < 4.78 is 11.0. The van der Waals surface area contributed by atoms with E-state index in [0.717, 1.165) is 31.3 Å². The van der Waals surface area contributed by atoms with Crippen LogP contribution in [0.15, 0.2) is 29.4 Å². The van der Waals surface area contributed by atoms with Crippen LogP contribution in [0.5, 0.6) is 11.5 Å². The Bertz CT molecular complexity index is 916. The standard InChI is InChI=1S/C27H40O8/c1-5-6-10-18-13-21(28)20(12-11-17(4)9-7-8-16(2)3)25(22(18)26(31)32)34-14-19-15-35-27(33)24(30)23(19)29/h8,11,13,19,23-24,27-30,33H,5-7,9-10,12,14-15H2,1-4H3,(H,31,32)/b17-11+/t19-,23+,24-,27-/m0/s1. The lowest BCUT2D eigenvalue weighted by molar-refractivity contribution is -0.242. The molecule has 1 aliphatic heterocycles. The average Bonchev–Trinajstić information content (AvgIpc) is 2.79. The van der Waals surface area contributed by atoms with Crippen molar-refractivity contribution in [3.8, 4) is 11.5 Å². The molecule has 0 saturated carbocycles. The Morgan fingerprint density at radius 3 is 2.51 bits per heavy atom. The number of hydrogen-bond acceptors (Lipinski definition) is 7. The molecule has 1 fully saturated rings. The predicted octanol–water partition coefficient (Wildman–Crippen LogP) is 3.73. The minimum Gasteiger partial charge on any atom is -0.508 e.